The average molecular weight is 272 g/mol. The minimum absolute atomic E-state index is 0.628. The molecular formula is C16H20N2O2. The summed E-state index contributed by atoms with van der Waals surface area (Å²) < 4.78 is 10.5. The zero-order valence-electron chi connectivity index (χ0n) is 12.0. The maximum absolute atomic E-state index is 5.38. The Kier molecular flexibility index (Phi) is 3.74. The van der Waals surface area contributed by atoms with Crippen LogP contribution in [0.5, 0.6) is 5.75 Å². The van der Waals surface area contributed by atoms with E-state index < -0.39 is 0 Å². The number of hydrogen-bond donors (Lipinski definition) is 0. The lowest BCUT2D eigenvalue weighted by Gasteiger charge is -2.15. The van der Waals surface area contributed by atoms with Crippen molar-refractivity contribution in [2.45, 2.75) is 31.8 Å². The van der Waals surface area contributed by atoms with Crippen LogP contribution in [0.4, 0.5) is 0 Å². The van der Waals surface area contributed by atoms with Crippen LogP contribution in [0.3, 0.4) is 0 Å². The van der Waals surface area contributed by atoms with Gasteiger partial charge in [0.25, 0.3) is 0 Å². The molecule has 1 aromatic heterocycles. The summed E-state index contributed by atoms with van der Waals surface area (Å²) in [5.41, 5.74) is 2.28. The first-order valence-corrected chi connectivity index (χ1v) is 7.01. The second kappa shape index (κ2) is 5.67. The molecule has 3 rings (SSSR count). The lowest BCUT2D eigenvalue weighted by Crippen LogP contribution is -2.17. The molecule has 1 saturated carbocycles. The van der Waals surface area contributed by atoms with E-state index in [1.165, 1.54) is 18.4 Å². The van der Waals surface area contributed by atoms with Crippen molar-refractivity contribution in [1.82, 2.24) is 10.1 Å². The van der Waals surface area contributed by atoms with E-state index in [-0.39, 0.29) is 0 Å². The monoisotopic (exact) mass is 272 g/mol. The van der Waals surface area contributed by atoms with Crippen LogP contribution >= 0.6 is 0 Å². The van der Waals surface area contributed by atoms with E-state index in [1.54, 1.807) is 7.11 Å². The van der Waals surface area contributed by atoms with E-state index in [1.807, 2.05) is 12.1 Å². The van der Waals surface area contributed by atoms with Crippen molar-refractivity contribution in [3.8, 4) is 5.75 Å². The van der Waals surface area contributed by atoms with E-state index in [0.29, 0.717) is 5.92 Å². The predicted octanol–water partition coefficient (Wildman–Crippen LogP) is 3.19. The Morgan fingerprint density at radius 1 is 1.25 bits per heavy atom. The first kappa shape index (κ1) is 13.2. The molecule has 2 aromatic rings. The van der Waals surface area contributed by atoms with Crippen molar-refractivity contribution in [2.24, 2.45) is 0 Å². The van der Waals surface area contributed by atoms with Crippen molar-refractivity contribution in [2.75, 3.05) is 14.2 Å². The summed E-state index contributed by atoms with van der Waals surface area (Å²) in [5.74, 6) is 2.57. The Bertz CT molecular complexity index is 558. The van der Waals surface area contributed by atoms with Gasteiger partial charge in [-0.05, 0) is 37.6 Å². The third-order valence-electron chi connectivity index (χ3n) is 3.60. The molecule has 0 aliphatic heterocycles. The van der Waals surface area contributed by atoms with Gasteiger partial charge in [0.05, 0.1) is 12.8 Å². The first-order chi connectivity index (χ1) is 9.74. The van der Waals surface area contributed by atoms with Gasteiger partial charge in [-0.3, -0.25) is 4.90 Å². The molecule has 4 nitrogen and oxygen atoms in total. The molecule has 0 radical (unpaired) electrons. The summed E-state index contributed by atoms with van der Waals surface area (Å²) >= 11 is 0. The van der Waals surface area contributed by atoms with Crippen LogP contribution < -0.4 is 4.74 Å². The molecule has 0 unspecified atom stereocenters. The number of aromatic nitrogens is 1. The summed E-state index contributed by atoms with van der Waals surface area (Å²) in [6.45, 7) is 1.69. The van der Waals surface area contributed by atoms with Crippen LogP contribution in [0.25, 0.3) is 0 Å². The Morgan fingerprint density at radius 3 is 2.65 bits per heavy atom. The molecular weight excluding hydrogens is 252 g/mol. The summed E-state index contributed by atoms with van der Waals surface area (Å²) in [4.78, 5) is 2.23. The summed E-state index contributed by atoms with van der Waals surface area (Å²) in [6, 6.07) is 10.3. The van der Waals surface area contributed by atoms with E-state index in [0.717, 1.165) is 30.3 Å². The van der Waals surface area contributed by atoms with Gasteiger partial charge in [-0.2, -0.15) is 0 Å². The maximum atomic E-state index is 5.38. The van der Waals surface area contributed by atoms with Crippen LogP contribution in [-0.4, -0.2) is 24.2 Å². The Labute approximate surface area is 119 Å². The SMILES string of the molecule is COc1ccc(CN(C)Cc2cc(C3CC3)on2)cc1. The van der Waals surface area contributed by atoms with Gasteiger partial charge in [0.15, 0.2) is 0 Å². The van der Waals surface area contributed by atoms with Crippen molar-refractivity contribution >= 4 is 0 Å². The van der Waals surface area contributed by atoms with Crippen molar-refractivity contribution in [3.63, 3.8) is 0 Å². The molecule has 1 aliphatic rings. The Hall–Kier alpha value is -1.81. The molecule has 4 heteroatoms. The number of methoxy groups -OCH3 is 1. The summed E-state index contributed by atoms with van der Waals surface area (Å²) in [5, 5.41) is 4.15. The molecule has 0 spiro atoms. The lowest BCUT2D eigenvalue weighted by molar-refractivity contribution is 0.300. The van der Waals surface area contributed by atoms with Gasteiger partial charge in [-0.15, -0.1) is 0 Å². The van der Waals surface area contributed by atoms with E-state index in [2.05, 4.69) is 35.3 Å². The van der Waals surface area contributed by atoms with Crippen molar-refractivity contribution < 1.29 is 9.26 Å². The van der Waals surface area contributed by atoms with Gasteiger partial charge in [0, 0.05) is 25.1 Å². The molecule has 0 amide bonds. The number of benzene rings is 1. The number of ether oxygens (including phenoxy) is 1. The first-order valence-electron chi connectivity index (χ1n) is 7.01. The van der Waals surface area contributed by atoms with Crippen LogP contribution in [-0.2, 0) is 13.1 Å². The standard InChI is InChI=1S/C16H20N2O2/c1-18(10-12-3-7-15(19-2)8-4-12)11-14-9-16(20-17-14)13-5-6-13/h3-4,7-9,13H,5-6,10-11H2,1-2H3. The van der Waals surface area contributed by atoms with Crippen LogP contribution in [0, 0.1) is 0 Å². The zero-order valence-corrected chi connectivity index (χ0v) is 12.0. The number of nitrogens with zero attached hydrogens (tertiary/aromatic N) is 2. The number of rotatable bonds is 6. The van der Waals surface area contributed by atoms with Crippen molar-refractivity contribution in [1.29, 1.82) is 0 Å². The Morgan fingerprint density at radius 2 is 2.00 bits per heavy atom. The van der Waals surface area contributed by atoms with Crippen LogP contribution in [0.2, 0.25) is 0 Å². The fourth-order valence-electron chi connectivity index (χ4n) is 2.34. The third kappa shape index (κ3) is 3.20. The van der Waals surface area contributed by atoms with Gasteiger partial charge in [0.1, 0.15) is 11.5 Å². The Balaban J connectivity index is 1.56. The van der Waals surface area contributed by atoms with Gasteiger partial charge < -0.3 is 9.26 Å². The van der Waals surface area contributed by atoms with Gasteiger partial charge >= 0.3 is 0 Å². The normalized spacial score (nSPS) is 14.8. The predicted molar refractivity (Wildman–Crippen MR) is 76.6 cm³/mol. The average Bonchev–Trinajstić information content (AvgIpc) is 3.20. The smallest absolute Gasteiger partial charge is 0.140 e. The fourth-order valence-corrected chi connectivity index (χ4v) is 2.34. The minimum Gasteiger partial charge on any atom is -0.497 e. The molecule has 1 fully saturated rings. The van der Waals surface area contributed by atoms with Crippen LogP contribution in [0.1, 0.15) is 35.8 Å². The molecule has 0 N–H and O–H groups in total. The molecule has 106 valence electrons. The molecule has 1 aromatic carbocycles. The highest BCUT2D eigenvalue weighted by molar-refractivity contribution is 5.27. The van der Waals surface area contributed by atoms with Gasteiger partial charge in [-0.25, -0.2) is 0 Å². The molecule has 0 bridgehead atoms. The summed E-state index contributed by atoms with van der Waals surface area (Å²) in [6.07, 6.45) is 2.49. The summed E-state index contributed by atoms with van der Waals surface area (Å²) in [7, 11) is 3.78. The highest BCUT2D eigenvalue weighted by Gasteiger charge is 2.27. The zero-order chi connectivity index (χ0) is 13.9. The van der Waals surface area contributed by atoms with Crippen LogP contribution in [0.15, 0.2) is 34.9 Å². The minimum atomic E-state index is 0.628. The van der Waals surface area contributed by atoms with Gasteiger partial charge in [0.2, 0.25) is 0 Å². The second-order valence-corrected chi connectivity index (χ2v) is 5.52. The molecule has 20 heavy (non-hydrogen) atoms. The lowest BCUT2D eigenvalue weighted by atomic mass is 10.2. The van der Waals surface area contributed by atoms with E-state index >= 15 is 0 Å². The quantitative estimate of drug-likeness (QED) is 0.809. The third-order valence-corrected chi connectivity index (χ3v) is 3.60. The van der Waals surface area contributed by atoms with E-state index in [4.69, 9.17) is 9.26 Å². The maximum Gasteiger partial charge on any atom is 0.140 e. The highest BCUT2D eigenvalue weighted by Crippen LogP contribution is 2.40. The van der Waals surface area contributed by atoms with Gasteiger partial charge in [-0.1, -0.05) is 17.3 Å². The molecule has 1 heterocycles. The molecule has 0 saturated heterocycles. The molecule has 0 atom stereocenters. The van der Waals surface area contributed by atoms with Crippen molar-refractivity contribution in [3.05, 3.63) is 47.3 Å². The van der Waals surface area contributed by atoms with E-state index in [9.17, 15) is 0 Å². The fraction of sp³-hybridized carbons (Fsp3) is 0.438. The molecule has 1 aliphatic carbocycles. The largest absolute Gasteiger partial charge is 0.497 e. The highest BCUT2D eigenvalue weighted by atomic mass is 16.5. The topological polar surface area (TPSA) is 38.5 Å². The second-order valence-electron chi connectivity index (χ2n) is 5.52. The number of hydrogen-bond acceptors (Lipinski definition) is 4.